The van der Waals surface area contributed by atoms with Gasteiger partial charge in [-0.3, -0.25) is 0 Å². The minimum absolute atomic E-state index is 0.211. The average Bonchev–Trinajstić information content (AvgIpc) is 2.94. The van der Waals surface area contributed by atoms with Crippen molar-refractivity contribution in [1.29, 1.82) is 0 Å². The fraction of sp³-hybridized carbons (Fsp3) is 0.167. The van der Waals surface area contributed by atoms with Crippen molar-refractivity contribution in [2.24, 2.45) is 0 Å². The van der Waals surface area contributed by atoms with E-state index in [1.54, 1.807) is 6.07 Å². The Morgan fingerprint density at radius 3 is 2.79 bits per heavy atom. The van der Waals surface area contributed by atoms with Gasteiger partial charge in [0.1, 0.15) is 5.82 Å². The Morgan fingerprint density at radius 2 is 2.14 bits per heavy atom. The molecular weight excluding hydrogens is 243 g/mol. The first-order chi connectivity index (χ1) is 6.79. The summed E-state index contributed by atoms with van der Waals surface area (Å²) in [6.07, 6.45) is 4.30. The molecule has 2 heteroatoms. The second-order valence-corrected chi connectivity index (χ2v) is 3.65. The smallest absolute Gasteiger partial charge is 0.123 e. The van der Waals surface area contributed by atoms with Crippen molar-refractivity contribution in [2.45, 2.75) is 12.8 Å². The number of hydrogen-bond donors (Lipinski definition) is 0. The molecule has 0 radical (unpaired) electrons. The number of rotatable bonds is 1. The first-order valence-electron chi connectivity index (χ1n) is 4.40. The molecule has 0 aromatic heterocycles. The monoisotopic (exact) mass is 250 g/mol. The summed E-state index contributed by atoms with van der Waals surface area (Å²) in [5.41, 5.74) is 3.11. The topological polar surface area (TPSA) is 0 Å². The summed E-state index contributed by atoms with van der Waals surface area (Å²) in [5.74, 6) is 2.68. The van der Waals surface area contributed by atoms with E-state index in [-0.39, 0.29) is 5.82 Å². The molecule has 1 saturated carbocycles. The van der Waals surface area contributed by atoms with Gasteiger partial charge in [-0.15, -0.1) is 0 Å². The molecule has 0 nitrogen and oxygen atoms in total. The first-order valence-corrected chi connectivity index (χ1v) is 5.19. The van der Waals surface area contributed by atoms with Gasteiger partial charge in [0.25, 0.3) is 0 Å². The molecule has 0 N–H and O–H groups in total. The van der Waals surface area contributed by atoms with Crippen LogP contribution in [0.5, 0.6) is 0 Å². The minimum atomic E-state index is -0.211. The van der Waals surface area contributed by atoms with Crippen molar-refractivity contribution in [3.8, 4) is 10.8 Å². The molecule has 2 rings (SSSR count). The molecule has 1 fully saturated rings. The second-order valence-electron chi connectivity index (χ2n) is 3.25. The predicted octanol–water partition coefficient (Wildman–Crippen LogP) is 3.71. The lowest BCUT2D eigenvalue weighted by Crippen LogP contribution is -1.84. The molecule has 0 unspecified atom stereocenters. The van der Waals surface area contributed by atoms with Crippen LogP contribution >= 0.6 is 15.9 Å². The highest BCUT2D eigenvalue weighted by atomic mass is 79.9. The second kappa shape index (κ2) is 3.98. The van der Waals surface area contributed by atoms with E-state index in [2.05, 4.69) is 26.7 Å². The van der Waals surface area contributed by atoms with Gasteiger partial charge in [-0.25, -0.2) is 4.39 Å². The molecule has 1 aromatic carbocycles. The van der Waals surface area contributed by atoms with Crippen LogP contribution < -0.4 is 0 Å². The summed E-state index contributed by atoms with van der Waals surface area (Å²) in [5, 5.41) is 0. The van der Waals surface area contributed by atoms with Gasteiger partial charge in [0, 0.05) is 21.5 Å². The van der Waals surface area contributed by atoms with Crippen LogP contribution in [0.1, 0.15) is 24.0 Å². The van der Waals surface area contributed by atoms with Crippen LogP contribution in [-0.4, -0.2) is 0 Å². The van der Waals surface area contributed by atoms with E-state index in [4.69, 9.17) is 0 Å². The van der Waals surface area contributed by atoms with E-state index >= 15 is 0 Å². The van der Waals surface area contributed by atoms with Crippen molar-refractivity contribution in [2.75, 3.05) is 0 Å². The van der Waals surface area contributed by atoms with Crippen molar-refractivity contribution in [3.63, 3.8) is 0 Å². The van der Waals surface area contributed by atoms with Crippen LogP contribution in [0.2, 0.25) is 0 Å². The molecular formula is C12H8BrF. The van der Waals surface area contributed by atoms with Crippen LogP contribution in [0.3, 0.4) is 0 Å². The molecule has 0 atom stereocenters. The quantitative estimate of drug-likeness (QED) is 0.667. The van der Waals surface area contributed by atoms with Gasteiger partial charge in [0.15, 0.2) is 0 Å². The van der Waals surface area contributed by atoms with Crippen LogP contribution in [0.15, 0.2) is 23.8 Å². The number of allylic oxidation sites excluding steroid dienone is 1. The van der Waals surface area contributed by atoms with Gasteiger partial charge in [0.2, 0.25) is 0 Å². The highest BCUT2D eigenvalue weighted by Gasteiger charge is 2.11. The largest absolute Gasteiger partial charge is 0.207 e. The van der Waals surface area contributed by atoms with Crippen LogP contribution in [0.4, 0.5) is 4.39 Å². The summed E-state index contributed by atoms with van der Waals surface area (Å²) in [7, 11) is 0. The van der Waals surface area contributed by atoms with E-state index in [0.717, 1.165) is 24.0 Å². The van der Waals surface area contributed by atoms with Crippen LogP contribution in [0, 0.1) is 16.6 Å². The molecule has 70 valence electrons. The Hall–Kier alpha value is -1.07. The summed E-state index contributed by atoms with van der Waals surface area (Å²) in [4.78, 5) is 2.65. The fourth-order valence-electron chi connectivity index (χ4n) is 1.25. The van der Waals surface area contributed by atoms with E-state index in [1.165, 1.54) is 17.7 Å². The third-order valence-corrected chi connectivity index (χ3v) is 2.29. The van der Waals surface area contributed by atoms with Gasteiger partial charge in [-0.05, 0) is 41.4 Å². The van der Waals surface area contributed by atoms with Gasteiger partial charge >= 0.3 is 0 Å². The van der Waals surface area contributed by atoms with E-state index in [9.17, 15) is 4.39 Å². The molecule has 1 aliphatic rings. The Labute approximate surface area is 91.0 Å². The standard InChI is InChI=1S/C12H8BrF/c13-6-5-10-3-4-12(14)8-11(10)7-9-1-2-9/h3-4,7-8H,1-2H2. The van der Waals surface area contributed by atoms with E-state index in [1.807, 2.05) is 6.08 Å². The van der Waals surface area contributed by atoms with Gasteiger partial charge in [-0.1, -0.05) is 17.6 Å². The Balaban J connectivity index is 2.45. The summed E-state index contributed by atoms with van der Waals surface area (Å²) in [6.45, 7) is 0. The number of hydrogen-bond acceptors (Lipinski definition) is 0. The molecule has 1 aliphatic carbocycles. The molecule has 0 amide bonds. The van der Waals surface area contributed by atoms with Gasteiger partial charge in [0.05, 0.1) is 0 Å². The van der Waals surface area contributed by atoms with Crippen molar-refractivity contribution in [1.82, 2.24) is 0 Å². The molecule has 14 heavy (non-hydrogen) atoms. The average molecular weight is 251 g/mol. The lowest BCUT2D eigenvalue weighted by molar-refractivity contribution is 0.627. The highest BCUT2D eigenvalue weighted by Crippen LogP contribution is 2.31. The molecule has 0 heterocycles. The van der Waals surface area contributed by atoms with E-state index in [0.29, 0.717) is 0 Å². The van der Waals surface area contributed by atoms with Crippen molar-refractivity contribution in [3.05, 3.63) is 40.7 Å². The Morgan fingerprint density at radius 1 is 1.36 bits per heavy atom. The zero-order valence-corrected chi connectivity index (χ0v) is 9.07. The zero-order valence-electron chi connectivity index (χ0n) is 7.48. The molecule has 1 aromatic rings. The first kappa shape index (κ1) is 9.48. The predicted molar refractivity (Wildman–Crippen MR) is 59.4 cm³/mol. The normalized spacial score (nSPS) is 13.1. The summed E-state index contributed by atoms with van der Waals surface area (Å²) >= 11 is 3.05. The summed E-state index contributed by atoms with van der Waals surface area (Å²) < 4.78 is 13.0. The minimum Gasteiger partial charge on any atom is -0.207 e. The van der Waals surface area contributed by atoms with Crippen LogP contribution in [0.25, 0.3) is 6.08 Å². The molecule has 0 saturated heterocycles. The van der Waals surface area contributed by atoms with Crippen molar-refractivity contribution < 1.29 is 4.39 Å². The number of benzene rings is 1. The molecule has 0 spiro atoms. The maximum atomic E-state index is 13.0. The highest BCUT2D eigenvalue weighted by molar-refractivity contribution is 9.12. The maximum Gasteiger partial charge on any atom is 0.123 e. The SMILES string of the molecule is Fc1ccc(C#CBr)c(C=C2CC2)c1. The molecule has 0 bridgehead atoms. The van der Waals surface area contributed by atoms with Crippen LogP contribution in [-0.2, 0) is 0 Å². The fourth-order valence-corrected chi connectivity index (χ4v) is 1.47. The number of halogens is 2. The lowest BCUT2D eigenvalue weighted by Gasteiger charge is -1.98. The maximum absolute atomic E-state index is 13.0. The van der Waals surface area contributed by atoms with Crippen molar-refractivity contribution >= 4 is 22.0 Å². The summed E-state index contributed by atoms with van der Waals surface area (Å²) in [6, 6.07) is 4.66. The van der Waals surface area contributed by atoms with Gasteiger partial charge in [-0.2, -0.15) is 0 Å². The zero-order chi connectivity index (χ0) is 9.97. The van der Waals surface area contributed by atoms with Gasteiger partial charge < -0.3 is 0 Å². The lowest BCUT2D eigenvalue weighted by atomic mass is 10.1. The van der Waals surface area contributed by atoms with E-state index < -0.39 is 0 Å². The Bertz CT molecular complexity index is 443. The third-order valence-electron chi connectivity index (χ3n) is 2.09. The Kier molecular flexibility index (Phi) is 2.69. The third kappa shape index (κ3) is 2.24. The molecule has 0 aliphatic heterocycles.